The molecule has 0 radical (unpaired) electrons. The quantitative estimate of drug-likeness (QED) is 0.646. The molecule has 6 heteroatoms. The van der Waals surface area contributed by atoms with Gasteiger partial charge in [0.15, 0.2) is 0 Å². The summed E-state index contributed by atoms with van der Waals surface area (Å²) < 4.78 is 0. The first-order valence-electron chi connectivity index (χ1n) is 5.71. The molecular formula is C12H16N2O4. The number of aromatic nitrogens is 1. The summed E-state index contributed by atoms with van der Waals surface area (Å²) in [6, 6.07) is 4.34. The number of hydrogen-bond donors (Lipinski definition) is 3. The zero-order valence-corrected chi connectivity index (χ0v) is 10.1. The van der Waals surface area contributed by atoms with Crippen molar-refractivity contribution in [2.45, 2.75) is 19.8 Å². The first kappa shape index (κ1) is 14.0. The van der Waals surface area contributed by atoms with Crippen LogP contribution in [0.5, 0.6) is 0 Å². The maximum Gasteiger partial charge on any atom is 0.306 e. The van der Waals surface area contributed by atoms with Crippen LogP contribution in [-0.2, 0) is 4.79 Å². The van der Waals surface area contributed by atoms with Crippen LogP contribution in [0.2, 0.25) is 0 Å². The van der Waals surface area contributed by atoms with Crippen molar-refractivity contribution in [3.63, 3.8) is 0 Å². The van der Waals surface area contributed by atoms with Crippen molar-refractivity contribution in [2.24, 2.45) is 5.92 Å². The number of pyridine rings is 1. The maximum absolute atomic E-state index is 11.6. The van der Waals surface area contributed by atoms with Gasteiger partial charge in [0.2, 0.25) is 5.56 Å². The number of aromatic amines is 1. The number of carboxylic acids is 1. The van der Waals surface area contributed by atoms with Gasteiger partial charge in [0.1, 0.15) is 5.69 Å². The van der Waals surface area contributed by atoms with E-state index in [4.69, 9.17) is 5.11 Å². The Labute approximate surface area is 104 Å². The number of carboxylic acid groups (broad SMARTS) is 1. The maximum atomic E-state index is 11.6. The second kappa shape index (κ2) is 6.58. The number of hydrogen-bond acceptors (Lipinski definition) is 3. The summed E-state index contributed by atoms with van der Waals surface area (Å²) in [6.07, 6.45) is 1.08. The third-order valence-corrected chi connectivity index (χ3v) is 2.53. The molecule has 18 heavy (non-hydrogen) atoms. The van der Waals surface area contributed by atoms with Gasteiger partial charge in [-0.15, -0.1) is 0 Å². The average Bonchev–Trinajstić information content (AvgIpc) is 2.33. The molecule has 0 aliphatic heterocycles. The number of amides is 1. The predicted octanol–water partition coefficient (Wildman–Crippen LogP) is 0.606. The molecule has 0 bridgehead atoms. The molecule has 0 fully saturated rings. The molecule has 1 unspecified atom stereocenters. The van der Waals surface area contributed by atoms with Crippen LogP contribution in [0.4, 0.5) is 0 Å². The van der Waals surface area contributed by atoms with E-state index >= 15 is 0 Å². The topological polar surface area (TPSA) is 99.3 Å². The van der Waals surface area contributed by atoms with E-state index in [0.29, 0.717) is 19.4 Å². The molecular weight excluding hydrogens is 236 g/mol. The summed E-state index contributed by atoms with van der Waals surface area (Å²) in [5.74, 6) is -1.62. The van der Waals surface area contributed by atoms with Crippen molar-refractivity contribution in [3.05, 3.63) is 34.2 Å². The normalized spacial score (nSPS) is 11.8. The van der Waals surface area contributed by atoms with Crippen LogP contribution >= 0.6 is 0 Å². The SMILES string of the molecule is CC(CCCNC(=O)c1cccc(=O)[nH]1)C(=O)O. The molecule has 98 valence electrons. The number of aliphatic carboxylic acids is 1. The van der Waals surface area contributed by atoms with Crippen molar-refractivity contribution in [1.29, 1.82) is 0 Å². The van der Waals surface area contributed by atoms with E-state index in [9.17, 15) is 14.4 Å². The zero-order chi connectivity index (χ0) is 13.5. The Balaban J connectivity index is 2.34. The Morgan fingerprint density at radius 2 is 2.17 bits per heavy atom. The van der Waals surface area contributed by atoms with E-state index < -0.39 is 11.9 Å². The number of rotatable bonds is 6. The molecule has 0 aliphatic carbocycles. The number of carbonyl (C=O) groups excluding carboxylic acids is 1. The molecule has 0 saturated carbocycles. The summed E-state index contributed by atoms with van der Waals surface area (Å²) in [5.41, 5.74) is -0.129. The van der Waals surface area contributed by atoms with Gasteiger partial charge in [-0.25, -0.2) is 0 Å². The number of H-pyrrole nitrogens is 1. The highest BCUT2D eigenvalue weighted by Gasteiger charge is 2.10. The van der Waals surface area contributed by atoms with Crippen molar-refractivity contribution < 1.29 is 14.7 Å². The molecule has 6 nitrogen and oxygen atoms in total. The summed E-state index contributed by atoms with van der Waals surface area (Å²) in [5, 5.41) is 11.3. The highest BCUT2D eigenvalue weighted by Crippen LogP contribution is 2.04. The Morgan fingerprint density at radius 1 is 1.44 bits per heavy atom. The Bertz CT molecular complexity index is 481. The first-order chi connectivity index (χ1) is 8.50. The van der Waals surface area contributed by atoms with Crippen LogP contribution in [0.1, 0.15) is 30.3 Å². The van der Waals surface area contributed by atoms with Crippen LogP contribution in [0.25, 0.3) is 0 Å². The Hall–Kier alpha value is -2.11. The van der Waals surface area contributed by atoms with Crippen molar-refractivity contribution in [2.75, 3.05) is 6.54 Å². The molecule has 1 amide bonds. The van der Waals surface area contributed by atoms with Crippen molar-refractivity contribution >= 4 is 11.9 Å². The number of carbonyl (C=O) groups is 2. The fraction of sp³-hybridized carbons (Fsp3) is 0.417. The zero-order valence-electron chi connectivity index (χ0n) is 10.1. The van der Waals surface area contributed by atoms with Crippen LogP contribution in [0.15, 0.2) is 23.0 Å². The second-order valence-electron chi connectivity index (χ2n) is 4.07. The summed E-state index contributed by atoms with van der Waals surface area (Å²) in [4.78, 5) is 35.5. The summed E-state index contributed by atoms with van der Waals surface area (Å²) in [7, 11) is 0. The van der Waals surface area contributed by atoms with Crippen LogP contribution in [0, 0.1) is 5.92 Å². The molecule has 1 aromatic rings. The molecule has 0 aromatic carbocycles. The fourth-order valence-corrected chi connectivity index (χ4v) is 1.41. The third-order valence-electron chi connectivity index (χ3n) is 2.53. The lowest BCUT2D eigenvalue weighted by Crippen LogP contribution is -2.27. The highest BCUT2D eigenvalue weighted by atomic mass is 16.4. The summed E-state index contributed by atoms with van der Waals surface area (Å²) >= 11 is 0. The smallest absolute Gasteiger partial charge is 0.306 e. The van der Waals surface area contributed by atoms with Gasteiger partial charge in [-0.05, 0) is 18.9 Å². The standard InChI is InChI=1S/C12H16N2O4/c1-8(12(17)18)4-3-7-13-11(16)9-5-2-6-10(15)14-9/h2,5-6,8H,3-4,7H2,1H3,(H,13,16)(H,14,15)(H,17,18). The fourth-order valence-electron chi connectivity index (χ4n) is 1.41. The van der Waals surface area contributed by atoms with E-state index in [2.05, 4.69) is 10.3 Å². The molecule has 1 rings (SSSR count). The van der Waals surface area contributed by atoms with Gasteiger partial charge in [-0.2, -0.15) is 0 Å². The third kappa shape index (κ3) is 4.40. The van der Waals surface area contributed by atoms with Gasteiger partial charge in [0.25, 0.3) is 5.91 Å². The predicted molar refractivity (Wildman–Crippen MR) is 65.4 cm³/mol. The lowest BCUT2D eigenvalue weighted by molar-refractivity contribution is -0.141. The van der Waals surface area contributed by atoms with Crippen molar-refractivity contribution in [3.8, 4) is 0 Å². The van der Waals surface area contributed by atoms with Gasteiger partial charge in [-0.3, -0.25) is 14.4 Å². The van der Waals surface area contributed by atoms with Gasteiger partial charge >= 0.3 is 5.97 Å². The first-order valence-corrected chi connectivity index (χ1v) is 5.71. The molecule has 1 atom stereocenters. The van der Waals surface area contributed by atoms with Crippen LogP contribution in [0.3, 0.4) is 0 Å². The minimum absolute atomic E-state index is 0.203. The van der Waals surface area contributed by atoms with Crippen molar-refractivity contribution in [1.82, 2.24) is 10.3 Å². The molecule has 3 N–H and O–H groups in total. The minimum Gasteiger partial charge on any atom is -0.481 e. The lowest BCUT2D eigenvalue weighted by Gasteiger charge is -2.07. The largest absolute Gasteiger partial charge is 0.481 e. The van der Waals surface area contributed by atoms with E-state index in [1.54, 1.807) is 6.92 Å². The molecule has 0 spiro atoms. The van der Waals surface area contributed by atoms with Crippen LogP contribution < -0.4 is 10.9 Å². The molecule has 1 heterocycles. The van der Waals surface area contributed by atoms with E-state index in [1.165, 1.54) is 18.2 Å². The van der Waals surface area contributed by atoms with Gasteiger partial charge < -0.3 is 15.4 Å². The molecule has 0 aliphatic rings. The van der Waals surface area contributed by atoms with Crippen LogP contribution in [-0.4, -0.2) is 28.5 Å². The van der Waals surface area contributed by atoms with E-state index in [-0.39, 0.29) is 17.2 Å². The van der Waals surface area contributed by atoms with E-state index in [0.717, 1.165) is 0 Å². The van der Waals surface area contributed by atoms with Gasteiger partial charge in [0, 0.05) is 12.6 Å². The van der Waals surface area contributed by atoms with E-state index in [1.807, 2.05) is 0 Å². The molecule has 1 aromatic heterocycles. The monoisotopic (exact) mass is 252 g/mol. The average molecular weight is 252 g/mol. The summed E-state index contributed by atoms with van der Waals surface area (Å²) in [6.45, 7) is 2.01. The van der Waals surface area contributed by atoms with Gasteiger partial charge in [0.05, 0.1) is 5.92 Å². The van der Waals surface area contributed by atoms with Gasteiger partial charge in [-0.1, -0.05) is 13.0 Å². The lowest BCUT2D eigenvalue weighted by atomic mass is 10.1. The Kier molecular flexibility index (Phi) is 5.10. The Morgan fingerprint density at radius 3 is 2.78 bits per heavy atom. The second-order valence-corrected chi connectivity index (χ2v) is 4.07. The highest BCUT2D eigenvalue weighted by molar-refractivity contribution is 5.92. The molecule has 0 saturated heterocycles. The minimum atomic E-state index is -0.839. The number of nitrogens with one attached hydrogen (secondary N) is 2.